The highest BCUT2D eigenvalue weighted by atomic mass is 16.7. The van der Waals surface area contributed by atoms with Crippen molar-refractivity contribution in [3.05, 3.63) is 154 Å². The molecular weight excluding hydrogens is 1070 g/mol. The number of benzene rings is 4. The van der Waals surface area contributed by atoms with Crippen molar-refractivity contribution in [2.45, 2.75) is 242 Å². The molecular formula is C74H104N4O8. The lowest BCUT2D eigenvalue weighted by Crippen LogP contribution is -2.57. The first-order valence-corrected chi connectivity index (χ1v) is 32.0. The normalized spacial score (nSPS) is 24.2. The van der Waals surface area contributed by atoms with E-state index in [1.807, 2.05) is 124 Å². The van der Waals surface area contributed by atoms with Crippen LogP contribution in [0.25, 0.3) is 6.08 Å². The number of carbonyl (C=O) groups excluding carboxylic acids is 4. The Balaban J connectivity index is 0.000000221. The van der Waals surface area contributed by atoms with Crippen LogP contribution in [-0.4, -0.2) is 79.1 Å². The minimum absolute atomic E-state index is 0.0833. The number of hydrogen-bond acceptors (Lipinski definition) is 9. The number of ether oxygens (including phenoxy) is 2. The largest absolute Gasteiger partial charge is 0.622 e. The summed E-state index contributed by atoms with van der Waals surface area (Å²) in [4.78, 5) is 63.9. The Kier molecular flexibility index (Phi) is 21.6. The van der Waals surface area contributed by atoms with Gasteiger partial charge in [-0.1, -0.05) is 181 Å². The lowest BCUT2D eigenvalue weighted by molar-refractivity contribution is -0.573. The molecule has 5 aliphatic rings. The van der Waals surface area contributed by atoms with Gasteiger partial charge in [0.05, 0.1) is 35.4 Å². The highest BCUT2D eigenvalue weighted by molar-refractivity contribution is 6.25. The van der Waals surface area contributed by atoms with Crippen LogP contribution in [0, 0.1) is 38.7 Å². The van der Waals surface area contributed by atoms with Gasteiger partial charge in [-0.2, -0.15) is 9.80 Å². The molecule has 12 nitrogen and oxygen atoms in total. The van der Waals surface area contributed by atoms with Crippen molar-refractivity contribution in [3.8, 4) is 0 Å². The van der Waals surface area contributed by atoms with Crippen LogP contribution in [0.1, 0.15) is 255 Å². The number of nitrogens with zero attached hydrogens (tertiary/aromatic N) is 4. The monoisotopic (exact) mass is 1180 g/mol. The Hall–Kier alpha value is -6.11. The molecule has 0 aromatic heterocycles. The summed E-state index contributed by atoms with van der Waals surface area (Å²) in [6, 6.07) is 34.9. The summed E-state index contributed by atoms with van der Waals surface area (Å²) in [6.45, 7) is 38.1. The molecule has 0 bridgehead atoms. The number of amides is 2. The number of rotatable bonds is 14. The Morgan fingerprint density at radius 1 is 0.628 bits per heavy atom. The Morgan fingerprint density at radius 2 is 1.05 bits per heavy atom. The molecule has 0 N–H and O–H groups in total. The van der Waals surface area contributed by atoms with Gasteiger partial charge in [0, 0.05) is 19.3 Å². The molecule has 1 unspecified atom stereocenters. The molecule has 0 radical (unpaired) electrons. The fourth-order valence-corrected chi connectivity index (χ4v) is 13.6. The van der Waals surface area contributed by atoms with Gasteiger partial charge < -0.3 is 19.6 Å². The summed E-state index contributed by atoms with van der Waals surface area (Å²) in [5, 5.41) is 15.4. The Labute approximate surface area is 516 Å². The number of esters is 2. The van der Waals surface area contributed by atoms with E-state index in [9.17, 15) is 24.4 Å². The van der Waals surface area contributed by atoms with Crippen molar-refractivity contribution in [1.82, 2.24) is 14.9 Å². The van der Waals surface area contributed by atoms with E-state index in [1.54, 1.807) is 12.1 Å². The summed E-state index contributed by atoms with van der Waals surface area (Å²) >= 11 is 0. The van der Waals surface area contributed by atoms with E-state index in [0.29, 0.717) is 42.2 Å². The van der Waals surface area contributed by atoms with Crippen LogP contribution in [0.15, 0.2) is 116 Å². The number of carbonyl (C=O) groups is 4. The maximum Gasteiger partial charge on any atom is 0.338 e. The first-order chi connectivity index (χ1) is 40.3. The van der Waals surface area contributed by atoms with Gasteiger partial charge >= 0.3 is 17.8 Å². The minimum atomic E-state index is -0.837. The van der Waals surface area contributed by atoms with E-state index >= 15 is 0 Å². The highest BCUT2D eigenvalue weighted by Crippen LogP contribution is 2.56. The second-order valence-electron chi connectivity index (χ2n) is 30.2. The molecule has 2 aliphatic carbocycles. The van der Waals surface area contributed by atoms with E-state index in [4.69, 9.17) is 14.3 Å². The quantitative estimate of drug-likeness (QED) is 0.0688. The Morgan fingerprint density at radius 3 is 1.44 bits per heavy atom. The van der Waals surface area contributed by atoms with Crippen LogP contribution in [-0.2, 0) is 23.9 Å². The topological polar surface area (TPSA) is 132 Å². The van der Waals surface area contributed by atoms with E-state index < -0.39 is 11.3 Å². The zero-order chi connectivity index (χ0) is 63.2. The lowest BCUT2D eigenvalue weighted by Gasteiger charge is -2.51. The fourth-order valence-electron chi connectivity index (χ4n) is 13.6. The third kappa shape index (κ3) is 16.3. The number of hydroxylamine groups is 3. The molecule has 4 atom stereocenters. The van der Waals surface area contributed by atoms with Crippen LogP contribution in [0.3, 0.4) is 0 Å². The van der Waals surface area contributed by atoms with Crippen LogP contribution in [0.5, 0.6) is 0 Å². The third-order valence-corrected chi connectivity index (χ3v) is 18.6. The van der Waals surface area contributed by atoms with Gasteiger partial charge in [0.2, 0.25) is 12.1 Å². The summed E-state index contributed by atoms with van der Waals surface area (Å²) < 4.78 is 11.7. The van der Waals surface area contributed by atoms with Gasteiger partial charge in [0.15, 0.2) is 0 Å². The van der Waals surface area contributed by atoms with Crippen LogP contribution < -0.4 is 0 Å². The number of fused-ring (bicyclic) bond motifs is 2. The summed E-state index contributed by atoms with van der Waals surface area (Å²) in [6.07, 6.45) is 13.8. The van der Waals surface area contributed by atoms with Gasteiger partial charge in [-0.25, -0.2) is 9.59 Å². The molecule has 3 aliphatic heterocycles. The molecule has 12 heteroatoms. The second-order valence-corrected chi connectivity index (χ2v) is 30.2. The minimum Gasteiger partial charge on any atom is -0.622 e. The summed E-state index contributed by atoms with van der Waals surface area (Å²) in [5.74, 6) is 0.416. The van der Waals surface area contributed by atoms with Gasteiger partial charge in [0.1, 0.15) is 17.8 Å². The SMILES string of the molecule is C=Cc1ccccc1.CC(C)OC(=O)c1ccc([C@@H](CCC(C)(C)C)N2C(=O)C3C[C@@H](c4ccccc4)ON3C23CCC(C(C)(C)C)CC3)cc1.CC(C)OC(=O)c1ccc([C@@H](CCC(C)(C)C)N2C(=O)C=[N+]([O-])C23CCC(C(C)(C)C)CC3)cc1. The molecule has 4 aromatic carbocycles. The smallest absolute Gasteiger partial charge is 0.338 e. The van der Waals surface area contributed by atoms with Gasteiger partial charge in [-0.15, -0.1) is 0 Å². The van der Waals surface area contributed by atoms with Crippen molar-refractivity contribution in [1.29, 1.82) is 0 Å². The molecule has 2 saturated carbocycles. The van der Waals surface area contributed by atoms with Gasteiger partial charge in [-0.05, 0) is 172 Å². The summed E-state index contributed by atoms with van der Waals surface area (Å²) in [7, 11) is 0. The van der Waals surface area contributed by atoms with Crippen LogP contribution in [0.2, 0.25) is 0 Å². The average molecular weight is 1180 g/mol. The molecule has 4 aromatic rings. The Bertz CT molecular complexity index is 2930. The second kappa shape index (κ2) is 27.5. The van der Waals surface area contributed by atoms with Crippen molar-refractivity contribution < 1.29 is 38.2 Å². The van der Waals surface area contributed by atoms with E-state index in [1.165, 1.54) is 11.8 Å². The summed E-state index contributed by atoms with van der Waals surface area (Å²) in [5.41, 5.74) is 4.61. The van der Waals surface area contributed by atoms with Crippen LogP contribution in [0.4, 0.5) is 0 Å². The fraction of sp³-hybridized carbons (Fsp3) is 0.581. The molecule has 2 spiro atoms. The van der Waals surface area contributed by atoms with E-state index in [2.05, 4.69) is 112 Å². The van der Waals surface area contributed by atoms with E-state index in [-0.39, 0.29) is 81.9 Å². The first kappa shape index (κ1) is 67.4. The molecule has 9 rings (SSSR count). The maximum atomic E-state index is 14.7. The van der Waals surface area contributed by atoms with Crippen molar-refractivity contribution in [2.24, 2.45) is 33.5 Å². The van der Waals surface area contributed by atoms with Crippen molar-refractivity contribution in [2.75, 3.05) is 0 Å². The zero-order valence-electron chi connectivity index (χ0n) is 55.1. The average Bonchev–Trinajstić information content (AvgIpc) is 1.56. The zero-order valence-corrected chi connectivity index (χ0v) is 55.1. The van der Waals surface area contributed by atoms with E-state index in [0.717, 1.165) is 85.6 Å². The lowest BCUT2D eigenvalue weighted by atomic mass is 9.69. The number of hydrogen-bond donors (Lipinski definition) is 0. The standard InChI is InChI=1S/C37H52N2O4.C29H44N2O4.C8H8/c1-25(2)42-34(41)28-16-14-26(15-17-28)30(20-21-35(3,4)5)38-33(40)31-24-32(27-12-10-9-11-13-27)43-39(31)37(38)22-18-29(19-23-37)36(6,7)8;1-20(2)35-26(33)22-11-9-21(10-12-22)24(15-16-27(3,4)5)31-25(32)19-30(34)29(31)17-13-23(14-18-29)28(6,7)8;1-2-8-6-4-3-5-7-8/h9-17,25,29-32H,18-24H2,1-8H3;9-12,19-20,23-24H,13-18H2,1-8H3;2-7H,1H2/t29?,30-,31?,32+,37?;23?,24-,29?;/m11./s1. The van der Waals surface area contributed by atoms with Gasteiger partial charge in [-0.3, -0.25) is 19.3 Å². The molecule has 2 amide bonds. The van der Waals surface area contributed by atoms with Gasteiger partial charge in [0.25, 0.3) is 5.66 Å². The van der Waals surface area contributed by atoms with Crippen molar-refractivity contribution in [3.63, 3.8) is 0 Å². The van der Waals surface area contributed by atoms with Crippen molar-refractivity contribution >= 4 is 36.0 Å². The molecule has 468 valence electrons. The highest BCUT2D eigenvalue weighted by Gasteiger charge is 2.64. The maximum absolute atomic E-state index is 14.7. The van der Waals surface area contributed by atoms with Crippen LogP contribution >= 0.6 is 0 Å². The molecule has 2 saturated heterocycles. The first-order valence-electron chi connectivity index (χ1n) is 32.0. The molecule has 86 heavy (non-hydrogen) atoms. The predicted octanol–water partition coefficient (Wildman–Crippen LogP) is 17.4. The molecule has 3 heterocycles. The predicted molar refractivity (Wildman–Crippen MR) is 346 cm³/mol. The molecule has 4 fully saturated rings. The third-order valence-electron chi connectivity index (χ3n) is 18.6.